The zero-order valence-electron chi connectivity index (χ0n) is 16.5. The highest BCUT2D eigenvalue weighted by atomic mass is 16.6. The molecule has 0 unspecified atom stereocenters. The number of phenolic OH excluding ortho intramolecular Hbond substituents is 1. The molecule has 9 heteroatoms. The highest BCUT2D eigenvalue weighted by Gasteiger charge is 2.19. The molecule has 9 nitrogen and oxygen atoms in total. The summed E-state index contributed by atoms with van der Waals surface area (Å²) < 4.78 is 11.0. The second kappa shape index (κ2) is 9.88. The van der Waals surface area contributed by atoms with Crippen molar-refractivity contribution in [3.05, 3.63) is 93.5 Å². The Labute approximate surface area is 177 Å². The lowest BCUT2D eigenvalue weighted by Gasteiger charge is -2.12. The van der Waals surface area contributed by atoms with Crippen LogP contribution in [0.1, 0.15) is 21.5 Å². The lowest BCUT2D eigenvalue weighted by molar-refractivity contribution is -0.385. The number of methoxy groups -OCH3 is 1. The summed E-state index contributed by atoms with van der Waals surface area (Å²) in [4.78, 5) is 23.1. The monoisotopic (exact) mass is 421 g/mol. The Hall–Kier alpha value is -4.40. The van der Waals surface area contributed by atoms with Crippen molar-refractivity contribution in [1.82, 2.24) is 5.43 Å². The van der Waals surface area contributed by atoms with Gasteiger partial charge < -0.3 is 14.6 Å². The molecule has 0 aliphatic heterocycles. The van der Waals surface area contributed by atoms with E-state index < -0.39 is 10.8 Å². The topological polar surface area (TPSA) is 123 Å². The Balaban J connectivity index is 1.81. The first-order valence-electron chi connectivity index (χ1n) is 9.14. The number of aromatic hydroxyl groups is 1. The number of benzene rings is 3. The number of nitro groups is 1. The van der Waals surface area contributed by atoms with Crippen molar-refractivity contribution in [3.63, 3.8) is 0 Å². The summed E-state index contributed by atoms with van der Waals surface area (Å²) in [6, 6.07) is 17.9. The van der Waals surface area contributed by atoms with Gasteiger partial charge in [0.05, 0.1) is 35.4 Å². The SMILES string of the molecule is COc1cc(/C=N/NC(=O)c2ccccc2O)c([N+](=O)[O-])cc1OCc1ccccc1. The maximum Gasteiger partial charge on any atom is 0.282 e. The number of rotatable bonds is 8. The van der Waals surface area contributed by atoms with Gasteiger partial charge in [-0.3, -0.25) is 14.9 Å². The third kappa shape index (κ3) is 5.36. The molecule has 31 heavy (non-hydrogen) atoms. The zero-order valence-corrected chi connectivity index (χ0v) is 16.5. The third-order valence-corrected chi connectivity index (χ3v) is 4.27. The molecule has 0 radical (unpaired) electrons. The van der Waals surface area contributed by atoms with Crippen LogP contribution in [0.25, 0.3) is 0 Å². The number of nitrogens with one attached hydrogen (secondary N) is 1. The molecule has 0 aliphatic rings. The summed E-state index contributed by atoms with van der Waals surface area (Å²) >= 11 is 0. The Morgan fingerprint density at radius 2 is 1.84 bits per heavy atom. The van der Waals surface area contributed by atoms with Crippen molar-refractivity contribution in [3.8, 4) is 17.2 Å². The van der Waals surface area contributed by atoms with Crippen LogP contribution in [0, 0.1) is 10.1 Å². The lowest BCUT2D eigenvalue weighted by atomic mass is 10.1. The van der Waals surface area contributed by atoms with Crippen LogP contribution in [0.15, 0.2) is 71.8 Å². The van der Waals surface area contributed by atoms with Gasteiger partial charge in [0, 0.05) is 0 Å². The summed E-state index contributed by atoms with van der Waals surface area (Å²) in [5, 5.41) is 25.0. The van der Waals surface area contributed by atoms with E-state index in [2.05, 4.69) is 10.5 Å². The van der Waals surface area contributed by atoms with E-state index in [1.807, 2.05) is 30.3 Å². The number of carbonyl (C=O) groups excluding carboxylic acids is 1. The molecular formula is C22H19N3O6. The molecule has 0 atom stereocenters. The van der Waals surface area contributed by atoms with Gasteiger partial charge in [-0.05, 0) is 23.8 Å². The highest BCUT2D eigenvalue weighted by Crippen LogP contribution is 2.34. The van der Waals surface area contributed by atoms with E-state index in [0.29, 0.717) is 0 Å². The number of phenols is 1. The largest absolute Gasteiger partial charge is 0.507 e. The van der Waals surface area contributed by atoms with E-state index in [9.17, 15) is 20.0 Å². The molecular weight excluding hydrogens is 402 g/mol. The zero-order chi connectivity index (χ0) is 22.2. The summed E-state index contributed by atoms with van der Waals surface area (Å²) in [5.74, 6) is -0.391. The van der Waals surface area contributed by atoms with Crippen LogP contribution in [0.4, 0.5) is 5.69 Å². The van der Waals surface area contributed by atoms with E-state index in [1.54, 1.807) is 12.1 Å². The number of hydrogen-bond donors (Lipinski definition) is 2. The molecule has 0 bridgehead atoms. The van der Waals surface area contributed by atoms with Gasteiger partial charge in [-0.15, -0.1) is 0 Å². The van der Waals surface area contributed by atoms with Crippen LogP contribution >= 0.6 is 0 Å². The van der Waals surface area contributed by atoms with Gasteiger partial charge in [-0.2, -0.15) is 5.10 Å². The molecule has 0 fully saturated rings. The minimum atomic E-state index is -0.660. The van der Waals surface area contributed by atoms with Crippen LogP contribution in [-0.2, 0) is 6.61 Å². The quantitative estimate of drug-likeness (QED) is 0.325. The smallest absolute Gasteiger partial charge is 0.282 e. The molecule has 1 amide bonds. The van der Waals surface area contributed by atoms with Gasteiger partial charge in [0.25, 0.3) is 11.6 Å². The maximum atomic E-state index is 12.1. The fourth-order valence-corrected chi connectivity index (χ4v) is 2.72. The molecule has 3 rings (SSSR count). The van der Waals surface area contributed by atoms with Crippen molar-refractivity contribution < 1.29 is 24.3 Å². The molecule has 0 saturated heterocycles. The minimum Gasteiger partial charge on any atom is -0.507 e. The van der Waals surface area contributed by atoms with E-state index in [0.717, 1.165) is 11.8 Å². The Morgan fingerprint density at radius 3 is 2.52 bits per heavy atom. The molecule has 0 aromatic heterocycles. The standard InChI is InChI=1S/C22H19N3O6/c1-30-20-11-16(13-23-24-22(27)17-9-5-6-10-19(17)26)18(25(28)29)12-21(20)31-14-15-7-3-2-4-8-15/h2-13,26H,14H2,1H3,(H,24,27)/b23-13+. The third-order valence-electron chi connectivity index (χ3n) is 4.27. The van der Waals surface area contributed by atoms with Crippen molar-refractivity contribution in [2.45, 2.75) is 6.61 Å². The van der Waals surface area contributed by atoms with E-state index in [-0.39, 0.29) is 40.7 Å². The number of hydrazone groups is 1. The number of nitrogens with zero attached hydrogens (tertiary/aromatic N) is 2. The van der Waals surface area contributed by atoms with Crippen LogP contribution < -0.4 is 14.9 Å². The molecule has 2 N–H and O–H groups in total. The van der Waals surface area contributed by atoms with Gasteiger partial charge in [0.2, 0.25) is 0 Å². The molecule has 0 heterocycles. The van der Waals surface area contributed by atoms with Crippen molar-refractivity contribution in [2.24, 2.45) is 5.10 Å². The Kier molecular flexibility index (Phi) is 6.79. The number of hydrogen-bond acceptors (Lipinski definition) is 7. The van der Waals surface area contributed by atoms with Crippen LogP contribution in [0.5, 0.6) is 17.2 Å². The first-order valence-corrected chi connectivity index (χ1v) is 9.14. The maximum absolute atomic E-state index is 12.1. The molecule has 3 aromatic rings. The minimum absolute atomic E-state index is 0.0244. The first-order chi connectivity index (χ1) is 15.0. The van der Waals surface area contributed by atoms with E-state index in [4.69, 9.17) is 9.47 Å². The van der Waals surface area contributed by atoms with Crippen molar-refractivity contribution in [2.75, 3.05) is 7.11 Å². The average molecular weight is 421 g/mol. The molecule has 3 aromatic carbocycles. The Morgan fingerprint density at radius 1 is 1.13 bits per heavy atom. The van der Waals surface area contributed by atoms with Gasteiger partial charge in [0.1, 0.15) is 12.4 Å². The van der Waals surface area contributed by atoms with E-state index >= 15 is 0 Å². The number of para-hydroxylation sites is 1. The number of nitro benzene ring substituents is 1. The summed E-state index contributed by atoms with van der Waals surface area (Å²) in [5.41, 5.74) is 2.98. The summed E-state index contributed by atoms with van der Waals surface area (Å²) in [6.45, 7) is 0.207. The normalized spacial score (nSPS) is 10.6. The summed E-state index contributed by atoms with van der Waals surface area (Å²) in [6.07, 6.45) is 1.12. The fourth-order valence-electron chi connectivity index (χ4n) is 2.72. The lowest BCUT2D eigenvalue weighted by Crippen LogP contribution is -2.17. The molecule has 0 spiro atoms. The second-order valence-electron chi connectivity index (χ2n) is 6.31. The van der Waals surface area contributed by atoms with Gasteiger partial charge in [-0.1, -0.05) is 42.5 Å². The fraction of sp³-hybridized carbons (Fsp3) is 0.0909. The van der Waals surface area contributed by atoms with Gasteiger partial charge in [-0.25, -0.2) is 5.43 Å². The Bertz CT molecular complexity index is 1120. The predicted octanol–water partition coefficient (Wildman–Crippen LogP) is 3.65. The molecule has 0 aliphatic carbocycles. The number of carbonyl (C=O) groups is 1. The molecule has 0 saturated carbocycles. The summed E-state index contributed by atoms with van der Waals surface area (Å²) in [7, 11) is 1.41. The van der Waals surface area contributed by atoms with Crippen LogP contribution in [-0.4, -0.2) is 29.3 Å². The number of ether oxygens (including phenoxy) is 2. The van der Waals surface area contributed by atoms with E-state index in [1.165, 1.54) is 31.4 Å². The van der Waals surface area contributed by atoms with Crippen LogP contribution in [0.3, 0.4) is 0 Å². The first kappa shape index (κ1) is 21.3. The predicted molar refractivity (Wildman–Crippen MR) is 114 cm³/mol. The van der Waals surface area contributed by atoms with Crippen molar-refractivity contribution in [1.29, 1.82) is 0 Å². The van der Waals surface area contributed by atoms with Gasteiger partial charge in [0.15, 0.2) is 11.5 Å². The second-order valence-corrected chi connectivity index (χ2v) is 6.31. The van der Waals surface area contributed by atoms with Crippen LogP contribution in [0.2, 0.25) is 0 Å². The highest BCUT2D eigenvalue weighted by molar-refractivity contribution is 5.97. The molecule has 158 valence electrons. The average Bonchev–Trinajstić information content (AvgIpc) is 2.78. The number of amides is 1. The van der Waals surface area contributed by atoms with Gasteiger partial charge >= 0.3 is 0 Å². The van der Waals surface area contributed by atoms with Crippen molar-refractivity contribution >= 4 is 17.8 Å².